The van der Waals surface area contributed by atoms with Crippen molar-refractivity contribution in [3.63, 3.8) is 0 Å². The first-order chi connectivity index (χ1) is 9.67. The molecule has 0 aliphatic carbocycles. The molecule has 0 fully saturated rings. The van der Waals surface area contributed by atoms with Crippen LogP contribution in [0.1, 0.15) is 10.4 Å². The molecule has 0 atom stereocenters. The molecule has 0 bridgehead atoms. The van der Waals surface area contributed by atoms with Crippen LogP contribution < -0.4 is 4.90 Å². The molecule has 20 heavy (non-hydrogen) atoms. The van der Waals surface area contributed by atoms with Crippen molar-refractivity contribution in [1.82, 2.24) is 4.90 Å². The average Bonchev–Trinajstić information content (AvgIpc) is 2.50. The fourth-order valence-electron chi connectivity index (χ4n) is 1.49. The summed E-state index contributed by atoms with van der Waals surface area (Å²) in [6.45, 7) is 1.98. The maximum Gasteiger partial charge on any atom is 0.150 e. The molecule has 0 radical (unpaired) electrons. The predicted octanol–water partition coefficient (Wildman–Crippen LogP) is 2.20. The first-order valence-electron chi connectivity index (χ1n) is 6.47. The molecule has 6 heteroatoms. The normalized spacial score (nSPS) is 10.8. The molecule has 0 aliphatic heterocycles. The van der Waals surface area contributed by atoms with E-state index in [1.807, 2.05) is 57.8 Å². The van der Waals surface area contributed by atoms with Crippen molar-refractivity contribution in [2.24, 2.45) is 0 Å². The highest BCUT2D eigenvalue weighted by Gasteiger charge is 2.01. The zero-order valence-electron chi connectivity index (χ0n) is 12.0. The molecule has 0 saturated heterocycles. The Labute approximate surface area is 128 Å². The predicted molar refractivity (Wildman–Crippen MR) is 89.7 cm³/mol. The maximum absolute atomic E-state index is 10.6. The van der Waals surface area contributed by atoms with Gasteiger partial charge < -0.3 is 10.0 Å². The number of aliphatic hydroxyl groups excluding tert-OH is 1. The molecule has 112 valence electrons. The van der Waals surface area contributed by atoms with Crippen LogP contribution in [0.5, 0.6) is 0 Å². The van der Waals surface area contributed by atoms with Gasteiger partial charge in [0.1, 0.15) is 6.29 Å². The molecule has 0 aromatic heterocycles. The van der Waals surface area contributed by atoms with Gasteiger partial charge in [-0.25, -0.2) is 0 Å². The SMILES string of the molecule is CN(CO)CCSSCCN(C)c1ccc(C=O)cc1. The molecule has 0 spiro atoms. The first kappa shape index (κ1) is 17.4. The Bertz CT molecular complexity index is 387. The monoisotopic (exact) mass is 314 g/mol. The summed E-state index contributed by atoms with van der Waals surface area (Å²) in [6, 6.07) is 7.62. The Morgan fingerprint density at radius 2 is 1.70 bits per heavy atom. The Morgan fingerprint density at radius 3 is 2.25 bits per heavy atom. The van der Waals surface area contributed by atoms with Crippen molar-refractivity contribution in [3.8, 4) is 0 Å². The molecule has 0 amide bonds. The Hall–Kier alpha value is -0.690. The summed E-state index contributed by atoms with van der Waals surface area (Å²) in [5.41, 5.74) is 1.83. The Kier molecular flexibility index (Phi) is 8.77. The van der Waals surface area contributed by atoms with E-state index < -0.39 is 0 Å². The first-order valence-corrected chi connectivity index (χ1v) is 8.96. The van der Waals surface area contributed by atoms with Crippen LogP contribution in [0.3, 0.4) is 0 Å². The number of carbonyl (C=O) groups excluding carboxylic acids is 1. The van der Waals surface area contributed by atoms with Crippen LogP contribution >= 0.6 is 21.6 Å². The van der Waals surface area contributed by atoms with E-state index in [4.69, 9.17) is 5.11 Å². The largest absolute Gasteiger partial charge is 0.381 e. The van der Waals surface area contributed by atoms with Gasteiger partial charge >= 0.3 is 0 Å². The van der Waals surface area contributed by atoms with E-state index >= 15 is 0 Å². The zero-order valence-corrected chi connectivity index (χ0v) is 13.6. The number of benzene rings is 1. The number of rotatable bonds is 10. The molecule has 1 aromatic carbocycles. The van der Waals surface area contributed by atoms with Crippen molar-refractivity contribution in [2.75, 3.05) is 50.3 Å². The fourth-order valence-corrected chi connectivity index (χ4v) is 3.62. The van der Waals surface area contributed by atoms with Crippen LogP contribution in [0.25, 0.3) is 0 Å². The van der Waals surface area contributed by atoms with Gasteiger partial charge in [-0.2, -0.15) is 0 Å². The van der Waals surface area contributed by atoms with E-state index in [-0.39, 0.29) is 6.73 Å². The van der Waals surface area contributed by atoms with E-state index in [1.165, 1.54) is 0 Å². The molecule has 1 N–H and O–H groups in total. The van der Waals surface area contributed by atoms with E-state index in [0.29, 0.717) is 5.56 Å². The number of aldehydes is 1. The topological polar surface area (TPSA) is 43.8 Å². The van der Waals surface area contributed by atoms with Crippen LogP contribution in [0.2, 0.25) is 0 Å². The van der Waals surface area contributed by atoms with Gasteiger partial charge in [0, 0.05) is 42.9 Å². The molecular weight excluding hydrogens is 292 g/mol. The fraction of sp³-hybridized carbons (Fsp3) is 0.500. The van der Waals surface area contributed by atoms with E-state index in [2.05, 4.69) is 11.9 Å². The third kappa shape index (κ3) is 6.65. The minimum atomic E-state index is 0.116. The molecule has 1 rings (SSSR count). The van der Waals surface area contributed by atoms with Gasteiger partial charge in [0.2, 0.25) is 0 Å². The lowest BCUT2D eigenvalue weighted by atomic mass is 10.2. The zero-order chi connectivity index (χ0) is 14.8. The van der Waals surface area contributed by atoms with Gasteiger partial charge in [-0.1, -0.05) is 21.6 Å². The highest BCUT2D eigenvalue weighted by atomic mass is 33.1. The average molecular weight is 314 g/mol. The summed E-state index contributed by atoms with van der Waals surface area (Å²) in [6.07, 6.45) is 0.861. The summed E-state index contributed by atoms with van der Waals surface area (Å²) >= 11 is 0. The van der Waals surface area contributed by atoms with E-state index in [0.717, 1.165) is 36.6 Å². The van der Waals surface area contributed by atoms with Crippen molar-refractivity contribution in [3.05, 3.63) is 29.8 Å². The van der Waals surface area contributed by atoms with Gasteiger partial charge in [0.25, 0.3) is 0 Å². The minimum Gasteiger partial charge on any atom is -0.381 e. The van der Waals surface area contributed by atoms with Crippen LogP contribution in [-0.2, 0) is 0 Å². The van der Waals surface area contributed by atoms with Crippen LogP contribution in [0.15, 0.2) is 24.3 Å². The lowest BCUT2D eigenvalue weighted by Gasteiger charge is -2.19. The number of nitrogens with zero attached hydrogens (tertiary/aromatic N) is 2. The molecule has 0 unspecified atom stereocenters. The van der Waals surface area contributed by atoms with Crippen molar-refractivity contribution >= 4 is 33.6 Å². The van der Waals surface area contributed by atoms with Crippen LogP contribution in [-0.4, -0.2) is 61.7 Å². The number of aliphatic hydroxyl groups is 1. The van der Waals surface area contributed by atoms with Gasteiger partial charge in [-0.05, 0) is 31.3 Å². The van der Waals surface area contributed by atoms with Crippen molar-refractivity contribution in [2.45, 2.75) is 0 Å². The number of hydrogen-bond donors (Lipinski definition) is 1. The highest BCUT2D eigenvalue weighted by molar-refractivity contribution is 8.76. The van der Waals surface area contributed by atoms with Crippen molar-refractivity contribution in [1.29, 1.82) is 0 Å². The van der Waals surface area contributed by atoms with E-state index in [9.17, 15) is 4.79 Å². The summed E-state index contributed by atoms with van der Waals surface area (Å²) in [4.78, 5) is 14.7. The summed E-state index contributed by atoms with van der Waals surface area (Å²) in [7, 11) is 7.64. The quantitative estimate of drug-likeness (QED) is 0.309. The molecular formula is C14H22N2O2S2. The Balaban J connectivity index is 2.16. The smallest absolute Gasteiger partial charge is 0.150 e. The van der Waals surface area contributed by atoms with Crippen LogP contribution in [0, 0.1) is 0 Å². The lowest BCUT2D eigenvalue weighted by molar-refractivity contribution is 0.112. The molecule has 0 saturated carbocycles. The number of anilines is 1. The third-order valence-electron chi connectivity index (χ3n) is 2.86. The van der Waals surface area contributed by atoms with E-state index in [1.54, 1.807) is 0 Å². The summed E-state index contributed by atoms with van der Waals surface area (Å²) in [5, 5.41) is 8.86. The summed E-state index contributed by atoms with van der Waals surface area (Å²) < 4.78 is 0. The number of carbonyl (C=O) groups is 1. The third-order valence-corrected chi connectivity index (χ3v) is 5.23. The second-order valence-corrected chi connectivity index (χ2v) is 7.20. The maximum atomic E-state index is 10.6. The summed E-state index contributed by atoms with van der Waals surface area (Å²) in [5.74, 6) is 2.05. The standard InChI is InChI=1S/C14H22N2O2S2/c1-15(12-18)7-9-19-20-10-8-16(2)14-5-3-13(11-17)4-6-14/h3-6,11,18H,7-10,12H2,1-2H3. The molecule has 4 nitrogen and oxygen atoms in total. The van der Waals surface area contributed by atoms with Gasteiger partial charge in [0.15, 0.2) is 0 Å². The van der Waals surface area contributed by atoms with Crippen LogP contribution in [0.4, 0.5) is 5.69 Å². The Morgan fingerprint density at radius 1 is 1.10 bits per heavy atom. The molecule has 0 heterocycles. The van der Waals surface area contributed by atoms with Gasteiger partial charge in [-0.3, -0.25) is 9.69 Å². The minimum absolute atomic E-state index is 0.116. The number of hydrogen-bond acceptors (Lipinski definition) is 6. The molecule has 0 aliphatic rings. The second kappa shape index (κ2) is 10.1. The van der Waals surface area contributed by atoms with Gasteiger partial charge in [-0.15, -0.1) is 0 Å². The van der Waals surface area contributed by atoms with Crippen molar-refractivity contribution < 1.29 is 9.90 Å². The molecule has 1 aromatic rings. The highest BCUT2D eigenvalue weighted by Crippen LogP contribution is 2.22. The second-order valence-electron chi connectivity index (χ2n) is 4.50. The lowest BCUT2D eigenvalue weighted by Crippen LogP contribution is -2.22. The van der Waals surface area contributed by atoms with Gasteiger partial charge in [0.05, 0.1) is 6.73 Å².